The number of rotatable bonds is 11. The number of carbonyl (C=O) groups is 2. The minimum Gasteiger partial charge on any atom is -0.512 e. The predicted molar refractivity (Wildman–Crippen MR) is 145 cm³/mol. The third-order valence-corrected chi connectivity index (χ3v) is 5.73. The summed E-state index contributed by atoms with van der Waals surface area (Å²) < 4.78 is 13.3. The first-order chi connectivity index (χ1) is 18.6. The molecule has 0 radical (unpaired) electrons. The molecule has 0 atom stereocenters. The number of aromatic nitrogens is 4. The van der Waals surface area contributed by atoms with Crippen molar-refractivity contribution < 1.29 is 24.2 Å². The van der Waals surface area contributed by atoms with Crippen LogP contribution in [0.4, 0.5) is 11.6 Å². The van der Waals surface area contributed by atoms with Crippen LogP contribution in [-0.4, -0.2) is 55.5 Å². The number of benzene rings is 1. The summed E-state index contributed by atoms with van der Waals surface area (Å²) in [7, 11) is 1.75. The first kappa shape index (κ1) is 27.3. The van der Waals surface area contributed by atoms with Crippen LogP contribution in [0.25, 0.3) is 0 Å². The van der Waals surface area contributed by atoms with Gasteiger partial charge in [-0.15, -0.1) is 0 Å². The van der Waals surface area contributed by atoms with Crippen molar-refractivity contribution in [3.63, 3.8) is 0 Å². The highest BCUT2D eigenvalue weighted by Crippen LogP contribution is 2.32. The second kappa shape index (κ2) is 11.8. The molecule has 0 spiro atoms. The molecule has 0 saturated heterocycles. The molecule has 1 aromatic carbocycles. The summed E-state index contributed by atoms with van der Waals surface area (Å²) in [6.45, 7) is 5.51. The van der Waals surface area contributed by atoms with E-state index in [1.165, 1.54) is 24.2 Å². The van der Waals surface area contributed by atoms with Crippen LogP contribution in [0.1, 0.15) is 44.0 Å². The number of ether oxygens (including phenoxy) is 2. The molecule has 4 rings (SSSR count). The van der Waals surface area contributed by atoms with E-state index < -0.39 is 11.8 Å². The summed E-state index contributed by atoms with van der Waals surface area (Å²) in [5, 5.41) is 24.3. The summed E-state index contributed by atoms with van der Waals surface area (Å²) in [4.78, 5) is 36.0. The van der Waals surface area contributed by atoms with Gasteiger partial charge < -0.3 is 25.3 Å². The van der Waals surface area contributed by atoms with Gasteiger partial charge in [0.15, 0.2) is 11.6 Å². The first-order valence-electron chi connectivity index (χ1n) is 12.5. The largest absolute Gasteiger partial charge is 0.512 e. The van der Waals surface area contributed by atoms with E-state index in [0.717, 1.165) is 19.1 Å². The third-order valence-electron chi connectivity index (χ3n) is 5.73. The molecule has 204 valence electrons. The van der Waals surface area contributed by atoms with Gasteiger partial charge in [0.2, 0.25) is 5.88 Å². The summed E-state index contributed by atoms with van der Waals surface area (Å²) >= 11 is 0. The van der Waals surface area contributed by atoms with Crippen molar-refractivity contribution in [3.8, 4) is 17.4 Å². The third kappa shape index (κ3) is 7.18. The molecule has 12 nitrogen and oxygen atoms in total. The smallest absolute Gasteiger partial charge is 0.264 e. The van der Waals surface area contributed by atoms with Gasteiger partial charge >= 0.3 is 0 Å². The number of carbonyl (C=O) groups excluding carboxylic acids is 2. The molecule has 12 heteroatoms. The minimum absolute atomic E-state index is 0.115. The van der Waals surface area contributed by atoms with Gasteiger partial charge in [0.25, 0.3) is 11.8 Å². The zero-order valence-electron chi connectivity index (χ0n) is 22.2. The van der Waals surface area contributed by atoms with Crippen LogP contribution >= 0.6 is 0 Å². The van der Waals surface area contributed by atoms with Crippen LogP contribution < -0.4 is 19.7 Å². The Kier molecular flexibility index (Phi) is 8.23. The Balaban J connectivity index is 1.56. The molecule has 0 unspecified atom stereocenters. The molecule has 2 heterocycles. The predicted octanol–water partition coefficient (Wildman–Crippen LogP) is 4.27. The highest BCUT2D eigenvalue weighted by molar-refractivity contribution is 6.18. The second-order valence-corrected chi connectivity index (χ2v) is 9.51. The standard InChI is InChI=1S/C27H31N7O5/c1-16(2)38-20-9-19(26(36)31-23-7-8-33(4)32-23)10-21(11-20)39-25-14-29-24(13-30-25)34(15-18-5-6-18)27(37)22(12-28)17(3)35/h7-14,16,18,28,35H,5-6,15H2,1-4H3,(H,31,32,36)/b22-17+,28-12?. The molecule has 3 aromatic rings. The number of hydrogen-bond donors (Lipinski definition) is 3. The molecule has 3 N–H and O–H groups in total. The Hall–Kier alpha value is -4.74. The molecule has 0 bridgehead atoms. The van der Waals surface area contributed by atoms with Gasteiger partial charge in [-0.05, 0) is 51.7 Å². The summed E-state index contributed by atoms with van der Waals surface area (Å²) in [5.41, 5.74) is 0.182. The number of aliphatic hydroxyl groups excluding tert-OH is 1. The zero-order chi connectivity index (χ0) is 28.1. The number of aryl methyl sites for hydroxylation is 1. The number of nitrogens with one attached hydrogen (secondary N) is 2. The van der Waals surface area contributed by atoms with E-state index in [-0.39, 0.29) is 29.1 Å². The van der Waals surface area contributed by atoms with Crippen LogP contribution in [0.2, 0.25) is 0 Å². The number of hydrogen-bond acceptors (Lipinski definition) is 9. The van der Waals surface area contributed by atoms with Crippen molar-refractivity contribution >= 4 is 29.7 Å². The quantitative estimate of drug-likeness (QED) is 0.187. The average Bonchev–Trinajstić information content (AvgIpc) is 3.61. The van der Waals surface area contributed by atoms with Crippen molar-refractivity contribution in [2.24, 2.45) is 13.0 Å². The Morgan fingerprint density at radius 3 is 2.54 bits per heavy atom. The number of allylic oxidation sites excluding steroid dienone is 1. The van der Waals surface area contributed by atoms with Gasteiger partial charge in [-0.1, -0.05) is 0 Å². The Morgan fingerprint density at radius 2 is 1.97 bits per heavy atom. The topological polar surface area (TPSA) is 156 Å². The van der Waals surface area contributed by atoms with Crippen molar-refractivity contribution in [3.05, 3.63) is 59.8 Å². The van der Waals surface area contributed by atoms with Gasteiger partial charge in [0.05, 0.1) is 24.1 Å². The fraction of sp³-hybridized carbons (Fsp3) is 0.333. The van der Waals surface area contributed by atoms with Gasteiger partial charge in [-0.3, -0.25) is 19.2 Å². The lowest BCUT2D eigenvalue weighted by Crippen LogP contribution is -2.35. The Labute approximate surface area is 225 Å². The molecule has 2 aromatic heterocycles. The maximum atomic E-state index is 13.0. The number of aliphatic hydroxyl groups is 1. The summed E-state index contributed by atoms with van der Waals surface area (Å²) in [6.07, 6.45) is 7.16. The number of nitrogens with zero attached hydrogens (tertiary/aromatic N) is 5. The maximum Gasteiger partial charge on any atom is 0.264 e. The molecule has 39 heavy (non-hydrogen) atoms. The molecule has 2 amide bonds. The fourth-order valence-electron chi connectivity index (χ4n) is 3.70. The van der Waals surface area contributed by atoms with E-state index in [9.17, 15) is 14.7 Å². The van der Waals surface area contributed by atoms with E-state index in [1.807, 2.05) is 13.8 Å². The Morgan fingerprint density at radius 1 is 1.23 bits per heavy atom. The monoisotopic (exact) mass is 533 g/mol. The molecule has 1 aliphatic rings. The van der Waals surface area contributed by atoms with Crippen LogP contribution in [0.3, 0.4) is 0 Å². The molecule has 1 aliphatic carbocycles. The van der Waals surface area contributed by atoms with Crippen molar-refractivity contribution in [2.75, 3.05) is 16.8 Å². The molecule has 1 saturated carbocycles. The molecule has 1 fully saturated rings. The second-order valence-electron chi connectivity index (χ2n) is 9.51. The van der Waals surface area contributed by atoms with Gasteiger partial charge in [0.1, 0.15) is 17.3 Å². The number of amides is 2. The van der Waals surface area contributed by atoms with Gasteiger partial charge in [-0.25, -0.2) is 9.97 Å². The maximum absolute atomic E-state index is 13.0. The van der Waals surface area contributed by atoms with Crippen LogP contribution in [0.15, 0.2) is 54.2 Å². The minimum atomic E-state index is -0.526. The Bertz CT molecular complexity index is 1390. The van der Waals surface area contributed by atoms with Crippen molar-refractivity contribution in [1.29, 1.82) is 5.41 Å². The first-order valence-corrected chi connectivity index (χ1v) is 12.5. The fourth-order valence-corrected chi connectivity index (χ4v) is 3.70. The van der Waals surface area contributed by atoms with E-state index in [2.05, 4.69) is 20.4 Å². The van der Waals surface area contributed by atoms with E-state index in [4.69, 9.17) is 14.9 Å². The normalized spacial score (nSPS) is 13.5. The van der Waals surface area contributed by atoms with E-state index in [0.29, 0.717) is 35.3 Å². The van der Waals surface area contributed by atoms with Crippen molar-refractivity contribution in [2.45, 2.75) is 39.7 Å². The van der Waals surface area contributed by atoms with Crippen LogP contribution in [-0.2, 0) is 11.8 Å². The van der Waals surface area contributed by atoms with Crippen LogP contribution in [0.5, 0.6) is 17.4 Å². The highest BCUT2D eigenvalue weighted by atomic mass is 16.5. The number of anilines is 2. The molecule has 0 aliphatic heterocycles. The lowest BCUT2D eigenvalue weighted by atomic mass is 10.2. The highest BCUT2D eigenvalue weighted by Gasteiger charge is 2.30. The van der Waals surface area contributed by atoms with Crippen LogP contribution in [0, 0.1) is 11.3 Å². The lowest BCUT2D eigenvalue weighted by molar-refractivity contribution is -0.114. The van der Waals surface area contributed by atoms with Gasteiger partial charge in [0, 0.05) is 43.7 Å². The lowest BCUT2D eigenvalue weighted by Gasteiger charge is -2.22. The SMILES string of the molecule is C/C(O)=C(/C=N)C(=O)N(CC1CC1)c1cnc(Oc2cc(OC(C)C)cc(C(=O)Nc3ccn(C)n3)c2)cn1. The van der Waals surface area contributed by atoms with Crippen molar-refractivity contribution in [1.82, 2.24) is 19.7 Å². The zero-order valence-corrected chi connectivity index (χ0v) is 22.2. The van der Waals surface area contributed by atoms with Gasteiger partial charge in [-0.2, -0.15) is 5.10 Å². The molecular weight excluding hydrogens is 502 g/mol. The van der Waals surface area contributed by atoms with E-state index >= 15 is 0 Å². The average molecular weight is 534 g/mol. The van der Waals surface area contributed by atoms with E-state index in [1.54, 1.807) is 42.2 Å². The summed E-state index contributed by atoms with van der Waals surface area (Å²) in [6, 6.07) is 6.48. The summed E-state index contributed by atoms with van der Waals surface area (Å²) in [5.74, 6) is 0.724. The molecular formula is C27H31N7O5.